The molecule has 0 unspecified atom stereocenters. The molecule has 0 aliphatic rings. The van der Waals surface area contributed by atoms with Crippen molar-refractivity contribution in [1.82, 2.24) is 9.78 Å². The summed E-state index contributed by atoms with van der Waals surface area (Å²) in [5.41, 5.74) is -0.0205. The summed E-state index contributed by atoms with van der Waals surface area (Å²) < 4.78 is 15.6. The van der Waals surface area contributed by atoms with Gasteiger partial charge in [-0.2, -0.15) is 5.10 Å². The van der Waals surface area contributed by atoms with Crippen molar-refractivity contribution in [3.05, 3.63) is 18.0 Å². The molecule has 0 saturated carbocycles. The molecule has 15 heavy (non-hydrogen) atoms. The molecule has 0 aliphatic carbocycles. The smallest absolute Gasteiger partial charge is 0.130 e. The van der Waals surface area contributed by atoms with Gasteiger partial charge in [-0.1, -0.05) is 27.7 Å². The molecule has 1 aromatic heterocycles. The second-order valence-electron chi connectivity index (χ2n) is 3.57. The summed E-state index contributed by atoms with van der Waals surface area (Å²) in [6, 6.07) is 0. The normalized spacial score (nSPS) is 10.8. The van der Waals surface area contributed by atoms with Crippen LogP contribution in [0.1, 0.15) is 46.1 Å². The number of alkyl halides is 1. The van der Waals surface area contributed by atoms with Gasteiger partial charge in [-0.3, -0.25) is 4.68 Å². The molecule has 3 heteroatoms. The van der Waals surface area contributed by atoms with Crippen molar-refractivity contribution in [2.75, 3.05) is 0 Å². The van der Waals surface area contributed by atoms with Gasteiger partial charge in [0.2, 0.25) is 0 Å². The van der Waals surface area contributed by atoms with Crippen molar-refractivity contribution in [3.8, 4) is 0 Å². The van der Waals surface area contributed by atoms with Gasteiger partial charge in [-0.15, -0.1) is 0 Å². The SMILES string of the molecule is CC.CCC(F)(CC)Cn1cc(C)cn1. The van der Waals surface area contributed by atoms with E-state index in [9.17, 15) is 4.39 Å². The van der Waals surface area contributed by atoms with Crippen LogP contribution in [0.3, 0.4) is 0 Å². The third-order valence-corrected chi connectivity index (χ3v) is 2.47. The Balaban J connectivity index is 0.000000921. The number of aryl methyl sites for hydroxylation is 1. The Labute approximate surface area is 92.5 Å². The summed E-state index contributed by atoms with van der Waals surface area (Å²) in [6.07, 6.45) is 4.72. The van der Waals surface area contributed by atoms with Gasteiger partial charge >= 0.3 is 0 Å². The molecule has 0 fully saturated rings. The molecule has 0 N–H and O–H groups in total. The number of rotatable bonds is 4. The lowest BCUT2D eigenvalue weighted by Crippen LogP contribution is -2.27. The fourth-order valence-electron chi connectivity index (χ4n) is 1.32. The number of hydrogen-bond acceptors (Lipinski definition) is 1. The van der Waals surface area contributed by atoms with Crippen LogP contribution in [-0.2, 0) is 6.54 Å². The van der Waals surface area contributed by atoms with Crippen LogP contribution in [0.25, 0.3) is 0 Å². The average Bonchev–Trinajstić information content (AvgIpc) is 2.66. The molecule has 0 amide bonds. The van der Waals surface area contributed by atoms with Gasteiger partial charge in [0, 0.05) is 6.20 Å². The molecule has 1 heterocycles. The Morgan fingerprint density at radius 3 is 2.20 bits per heavy atom. The maximum Gasteiger partial charge on any atom is 0.130 e. The van der Waals surface area contributed by atoms with E-state index in [1.54, 1.807) is 10.9 Å². The van der Waals surface area contributed by atoms with E-state index in [1.165, 1.54) is 0 Å². The second-order valence-corrected chi connectivity index (χ2v) is 3.57. The number of halogens is 1. The first-order valence-corrected chi connectivity index (χ1v) is 5.77. The van der Waals surface area contributed by atoms with E-state index in [0.717, 1.165) is 5.56 Å². The molecule has 88 valence electrons. The van der Waals surface area contributed by atoms with Crippen LogP contribution in [0.5, 0.6) is 0 Å². The van der Waals surface area contributed by atoms with E-state index in [4.69, 9.17) is 0 Å². The van der Waals surface area contributed by atoms with Gasteiger partial charge in [0.25, 0.3) is 0 Å². The van der Waals surface area contributed by atoms with Gasteiger partial charge in [0.15, 0.2) is 0 Å². The maximum absolute atomic E-state index is 13.9. The lowest BCUT2D eigenvalue weighted by atomic mass is 10.00. The summed E-state index contributed by atoms with van der Waals surface area (Å²) in [6.45, 7) is 10.1. The quantitative estimate of drug-likeness (QED) is 0.746. The molecule has 0 saturated heterocycles. The molecule has 0 atom stereocenters. The van der Waals surface area contributed by atoms with Crippen LogP contribution < -0.4 is 0 Å². The Hall–Kier alpha value is -0.860. The van der Waals surface area contributed by atoms with Crippen LogP contribution in [-0.4, -0.2) is 15.4 Å². The third kappa shape index (κ3) is 4.45. The highest BCUT2D eigenvalue weighted by atomic mass is 19.1. The van der Waals surface area contributed by atoms with E-state index in [2.05, 4.69) is 5.10 Å². The molecule has 0 bridgehead atoms. The van der Waals surface area contributed by atoms with Crippen molar-refractivity contribution in [1.29, 1.82) is 0 Å². The predicted octanol–water partition coefficient (Wildman–Crippen LogP) is 3.75. The minimum Gasteiger partial charge on any atom is -0.269 e. The van der Waals surface area contributed by atoms with Crippen molar-refractivity contribution >= 4 is 0 Å². The van der Waals surface area contributed by atoms with E-state index in [-0.39, 0.29) is 0 Å². The van der Waals surface area contributed by atoms with Crippen LogP contribution in [0.15, 0.2) is 12.4 Å². The summed E-state index contributed by atoms with van der Waals surface area (Å²) in [7, 11) is 0. The number of aromatic nitrogens is 2. The average molecular weight is 214 g/mol. The lowest BCUT2D eigenvalue weighted by molar-refractivity contribution is 0.120. The zero-order valence-electron chi connectivity index (χ0n) is 10.5. The summed E-state index contributed by atoms with van der Waals surface area (Å²) in [4.78, 5) is 0. The summed E-state index contributed by atoms with van der Waals surface area (Å²) in [5, 5.41) is 4.07. The second kappa shape index (κ2) is 6.59. The fraction of sp³-hybridized carbons (Fsp3) is 0.750. The molecule has 1 aromatic rings. The third-order valence-electron chi connectivity index (χ3n) is 2.47. The molecule has 0 spiro atoms. The molecule has 2 nitrogen and oxygen atoms in total. The minimum atomic E-state index is -1.10. The monoisotopic (exact) mass is 214 g/mol. The Morgan fingerprint density at radius 2 is 1.87 bits per heavy atom. The fourth-order valence-corrected chi connectivity index (χ4v) is 1.32. The Bertz CT molecular complexity index is 264. The van der Waals surface area contributed by atoms with Gasteiger partial charge in [-0.25, -0.2) is 4.39 Å². The number of nitrogens with zero attached hydrogens (tertiary/aromatic N) is 2. The molecule has 0 aromatic carbocycles. The topological polar surface area (TPSA) is 17.8 Å². The highest BCUT2D eigenvalue weighted by molar-refractivity contribution is 5.00. The van der Waals surface area contributed by atoms with Crippen LogP contribution in [0.4, 0.5) is 4.39 Å². The standard InChI is InChI=1S/C10H17FN2.C2H6/c1-4-10(11,5-2)8-13-7-9(3)6-12-13;1-2/h6-7H,4-5,8H2,1-3H3;1-2H3. The zero-order valence-corrected chi connectivity index (χ0v) is 10.5. The van der Waals surface area contributed by atoms with E-state index in [0.29, 0.717) is 19.4 Å². The first-order chi connectivity index (χ1) is 7.09. The van der Waals surface area contributed by atoms with Crippen molar-refractivity contribution in [3.63, 3.8) is 0 Å². The molecular weight excluding hydrogens is 191 g/mol. The zero-order chi connectivity index (χ0) is 11.9. The van der Waals surface area contributed by atoms with Gasteiger partial charge in [0.1, 0.15) is 5.67 Å². The van der Waals surface area contributed by atoms with E-state index >= 15 is 0 Å². The van der Waals surface area contributed by atoms with Crippen LogP contribution in [0, 0.1) is 6.92 Å². The first-order valence-electron chi connectivity index (χ1n) is 5.77. The van der Waals surface area contributed by atoms with Gasteiger partial charge < -0.3 is 0 Å². The Kier molecular flexibility index (Phi) is 6.21. The number of hydrogen-bond donors (Lipinski definition) is 0. The van der Waals surface area contributed by atoms with Gasteiger partial charge in [0.05, 0.1) is 12.7 Å². The highest BCUT2D eigenvalue weighted by Crippen LogP contribution is 2.22. The molecule has 0 radical (unpaired) electrons. The summed E-state index contributed by atoms with van der Waals surface area (Å²) >= 11 is 0. The minimum absolute atomic E-state index is 0.369. The van der Waals surface area contributed by atoms with Crippen molar-refractivity contribution in [2.24, 2.45) is 0 Å². The van der Waals surface area contributed by atoms with Crippen molar-refractivity contribution in [2.45, 2.75) is 59.7 Å². The predicted molar refractivity (Wildman–Crippen MR) is 62.7 cm³/mol. The van der Waals surface area contributed by atoms with Crippen molar-refractivity contribution < 1.29 is 4.39 Å². The molecular formula is C12H23FN2. The van der Waals surface area contributed by atoms with E-state index < -0.39 is 5.67 Å². The first kappa shape index (κ1) is 14.1. The lowest BCUT2D eigenvalue weighted by Gasteiger charge is -2.21. The highest BCUT2D eigenvalue weighted by Gasteiger charge is 2.25. The van der Waals surface area contributed by atoms with E-state index in [1.807, 2.05) is 40.8 Å². The summed E-state index contributed by atoms with van der Waals surface area (Å²) in [5.74, 6) is 0. The van der Waals surface area contributed by atoms with Crippen LogP contribution in [0.2, 0.25) is 0 Å². The molecule has 0 aliphatic heterocycles. The maximum atomic E-state index is 13.9. The molecule has 1 rings (SSSR count). The van der Waals surface area contributed by atoms with Crippen LogP contribution >= 0.6 is 0 Å². The largest absolute Gasteiger partial charge is 0.269 e. The van der Waals surface area contributed by atoms with Gasteiger partial charge in [-0.05, 0) is 25.3 Å². The Morgan fingerprint density at radius 1 is 1.33 bits per heavy atom.